The molecule has 0 aromatic heterocycles. The Bertz CT molecular complexity index is 1040. The maximum Gasteiger partial charge on any atom is 0.242 e. The number of rotatable bonds is 9. The van der Waals surface area contributed by atoms with Crippen LogP contribution in [-0.4, -0.2) is 29.8 Å². The van der Waals surface area contributed by atoms with Crippen molar-refractivity contribution in [3.05, 3.63) is 106 Å². The second-order valence-electron chi connectivity index (χ2n) is 7.92. The minimum Gasteiger partial charge on any atom is -0.357 e. The first-order chi connectivity index (χ1) is 15.5. The van der Waals surface area contributed by atoms with Gasteiger partial charge in [0.15, 0.2) is 0 Å². The van der Waals surface area contributed by atoms with Crippen LogP contribution in [-0.2, 0) is 29.0 Å². The first-order valence-corrected chi connectivity index (χ1v) is 11.2. The SMILES string of the molecule is CNC(=O)[C@H](Cc1ccccc1)N(Cc1ccc(C)cc1)C(=O)CCc1ccccc1Cl. The lowest BCUT2D eigenvalue weighted by atomic mass is 10.0. The number of nitrogens with one attached hydrogen (secondary N) is 1. The van der Waals surface area contributed by atoms with Gasteiger partial charge in [-0.15, -0.1) is 0 Å². The van der Waals surface area contributed by atoms with Crippen LogP contribution in [0.25, 0.3) is 0 Å². The molecule has 0 fully saturated rings. The van der Waals surface area contributed by atoms with Crippen molar-refractivity contribution in [2.75, 3.05) is 7.05 Å². The normalized spacial score (nSPS) is 11.6. The van der Waals surface area contributed by atoms with Crippen LogP contribution < -0.4 is 5.32 Å². The third-order valence-electron chi connectivity index (χ3n) is 5.56. The van der Waals surface area contributed by atoms with Crippen molar-refractivity contribution in [1.82, 2.24) is 10.2 Å². The smallest absolute Gasteiger partial charge is 0.242 e. The van der Waals surface area contributed by atoms with Crippen LogP contribution in [0.4, 0.5) is 0 Å². The van der Waals surface area contributed by atoms with Gasteiger partial charge in [0.1, 0.15) is 6.04 Å². The number of nitrogens with zero attached hydrogens (tertiary/aromatic N) is 1. The molecule has 1 atom stereocenters. The van der Waals surface area contributed by atoms with Crippen LogP contribution in [0.2, 0.25) is 5.02 Å². The van der Waals surface area contributed by atoms with E-state index in [1.54, 1.807) is 11.9 Å². The molecule has 1 N–H and O–H groups in total. The summed E-state index contributed by atoms with van der Waals surface area (Å²) in [5.74, 6) is -0.248. The summed E-state index contributed by atoms with van der Waals surface area (Å²) in [6.07, 6.45) is 1.25. The topological polar surface area (TPSA) is 49.4 Å². The van der Waals surface area contributed by atoms with E-state index in [1.807, 2.05) is 85.8 Å². The van der Waals surface area contributed by atoms with Gasteiger partial charge in [-0.2, -0.15) is 0 Å². The van der Waals surface area contributed by atoms with Crippen LogP contribution in [0.1, 0.15) is 28.7 Å². The first-order valence-electron chi connectivity index (χ1n) is 10.8. The van der Waals surface area contributed by atoms with Gasteiger partial charge < -0.3 is 10.2 Å². The van der Waals surface area contributed by atoms with Gasteiger partial charge in [0.2, 0.25) is 11.8 Å². The zero-order valence-corrected chi connectivity index (χ0v) is 19.3. The molecule has 3 rings (SSSR count). The summed E-state index contributed by atoms with van der Waals surface area (Å²) in [5, 5.41) is 3.40. The average molecular weight is 449 g/mol. The van der Waals surface area contributed by atoms with Gasteiger partial charge >= 0.3 is 0 Å². The van der Waals surface area contributed by atoms with Crippen molar-refractivity contribution in [3.63, 3.8) is 0 Å². The molecule has 0 aliphatic rings. The quantitative estimate of drug-likeness (QED) is 0.502. The molecule has 0 aliphatic heterocycles. The number of halogens is 1. The molecule has 0 aliphatic carbocycles. The Balaban J connectivity index is 1.87. The summed E-state index contributed by atoms with van der Waals surface area (Å²) >= 11 is 6.29. The van der Waals surface area contributed by atoms with Crippen molar-refractivity contribution in [2.24, 2.45) is 0 Å². The Kier molecular flexibility index (Phi) is 8.46. The van der Waals surface area contributed by atoms with Crippen molar-refractivity contribution in [1.29, 1.82) is 0 Å². The molecule has 0 spiro atoms. The maximum atomic E-state index is 13.5. The molecule has 0 saturated carbocycles. The van der Waals surface area contributed by atoms with E-state index in [2.05, 4.69) is 5.32 Å². The van der Waals surface area contributed by atoms with E-state index in [1.165, 1.54) is 0 Å². The monoisotopic (exact) mass is 448 g/mol. The van der Waals surface area contributed by atoms with E-state index in [4.69, 9.17) is 11.6 Å². The van der Waals surface area contributed by atoms with Gasteiger partial charge in [-0.3, -0.25) is 9.59 Å². The van der Waals surface area contributed by atoms with Crippen LogP contribution in [0.5, 0.6) is 0 Å². The lowest BCUT2D eigenvalue weighted by molar-refractivity contribution is -0.141. The predicted octanol–water partition coefficient (Wildman–Crippen LogP) is 4.97. The fourth-order valence-corrected chi connectivity index (χ4v) is 3.93. The van der Waals surface area contributed by atoms with Crippen molar-refractivity contribution in [3.8, 4) is 0 Å². The molecule has 0 bridgehead atoms. The molecule has 5 heteroatoms. The Morgan fingerprint density at radius 3 is 2.22 bits per heavy atom. The highest BCUT2D eigenvalue weighted by Crippen LogP contribution is 2.20. The molecule has 0 radical (unpaired) electrons. The standard InChI is InChI=1S/C27H29ClN2O2/c1-20-12-14-22(15-13-20)19-30(26(31)17-16-23-10-6-7-11-24(23)28)25(27(32)29-2)18-21-8-4-3-5-9-21/h3-15,25H,16-19H2,1-2H3,(H,29,32)/t25-/m0/s1. The number of aryl methyl sites for hydroxylation is 2. The summed E-state index contributed by atoms with van der Waals surface area (Å²) in [5.41, 5.74) is 4.08. The Hall–Kier alpha value is -3.11. The molecular weight excluding hydrogens is 420 g/mol. The number of carbonyl (C=O) groups is 2. The summed E-state index contributed by atoms with van der Waals surface area (Å²) in [4.78, 5) is 28.1. The number of carbonyl (C=O) groups excluding carboxylic acids is 2. The Labute approximate surface area is 195 Å². The van der Waals surface area contributed by atoms with E-state index >= 15 is 0 Å². The summed E-state index contributed by atoms with van der Waals surface area (Å²) in [6, 6.07) is 24.8. The van der Waals surface area contributed by atoms with Crippen LogP contribution >= 0.6 is 11.6 Å². The largest absolute Gasteiger partial charge is 0.357 e. The Morgan fingerprint density at radius 2 is 1.56 bits per heavy atom. The molecular formula is C27H29ClN2O2. The van der Waals surface area contributed by atoms with Crippen molar-refractivity contribution in [2.45, 2.75) is 38.8 Å². The van der Waals surface area contributed by atoms with E-state index < -0.39 is 6.04 Å². The highest BCUT2D eigenvalue weighted by Gasteiger charge is 2.29. The zero-order chi connectivity index (χ0) is 22.9. The second-order valence-corrected chi connectivity index (χ2v) is 8.33. The predicted molar refractivity (Wildman–Crippen MR) is 130 cm³/mol. The fourth-order valence-electron chi connectivity index (χ4n) is 3.70. The van der Waals surface area contributed by atoms with Crippen molar-refractivity contribution < 1.29 is 9.59 Å². The highest BCUT2D eigenvalue weighted by atomic mass is 35.5. The average Bonchev–Trinajstić information content (AvgIpc) is 2.82. The van der Waals surface area contributed by atoms with Gasteiger partial charge in [-0.25, -0.2) is 0 Å². The molecule has 0 saturated heterocycles. The summed E-state index contributed by atoms with van der Waals surface area (Å²) in [6.45, 7) is 2.39. The molecule has 32 heavy (non-hydrogen) atoms. The third kappa shape index (κ3) is 6.44. The zero-order valence-electron chi connectivity index (χ0n) is 18.6. The molecule has 0 unspecified atom stereocenters. The van der Waals surface area contributed by atoms with E-state index in [0.717, 1.165) is 22.3 Å². The van der Waals surface area contributed by atoms with Gasteiger partial charge in [0.05, 0.1) is 0 Å². The number of hydrogen-bond acceptors (Lipinski definition) is 2. The number of hydrogen-bond donors (Lipinski definition) is 1. The number of likely N-dealkylation sites (N-methyl/N-ethyl adjacent to an activating group) is 1. The Morgan fingerprint density at radius 1 is 0.906 bits per heavy atom. The molecule has 166 valence electrons. The van der Waals surface area contributed by atoms with Gasteiger partial charge in [0, 0.05) is 31.5 Å². The molecule has 4 nitrogen and oxygen atoms in total. The first kappa shape index (κ1) is 23.6. The van der Waals surface area contributed by atoms with E-state index in [9.17, 15) is 9.59 Å². The van der Waals surface area contributed by atoms with E-state index in [-0.39, 0.29) is 18.2 Å². The number of amides is 2. The van der Waals surface area contributed by atoms with E-state index in [0.29, 0.717) is 24.4 Å². The van der Waals surface area contributed by atoms with Crippen LogP contribution in [0.15, 0.2) is 78.9 Å². The summed E-state index contributed by atoms with van der Waals surface area (Å²) < 4.78 is 0. The second kappa shape index (κ2) is 11.5. The molecule has 0 heterocycles. The third-order valence-corrected chi connectivity index (χ3v) is 5.93. The minimum atomic E-state index is -0.609. The highest BCUT2D eigenvalue weighted by molar-refractivity contribution is 6.31. The van der Waals surface area contributed by atoms with Crippen LogP contribution in [0.3, 0.4) is 0 Å². The molecule has 3 aromatic rings. The van der Waals surface area contributed by atoms with Gasteiger partial charge in [-0.1, -0.05) is 90.0 Å². The minimum absolute atomic E-state index is 0.0741. The van der Waals surface area contributed by atoms with Crippen molar-refractivity contribution >= 4 is 23.4 Å². The summed E-state index contributed by atoms with van der Waals surface area (Å²) in [7, 11) is 1.61. The lowest BCUT2D eigenvalue weighted by Gasteiger charge is -2.31. The number of benzene rings is 3. The lowest BCUT2D eigenvalue weighted by Crippen LogP contribution is -2.49. The van der Waals surface area contributed by atoms with Gasteiger partial charge in [-0.05, 0) is 36.1 Å². The maximum absolute atomic E-state index is 13.5. The van der Waals surface area contributed by atoms with Gasteiger partial charge in [0.25, 0.3) is 0 Å². The fraction of sp³-hybridized carbons (Fsp3) is 0.259. The van der Waals surface area contributed by atoms with Crippen LogP contribution in [0, 0.1) is 6.92 Å². The molecule has 2 amide bonds. The molecule has 3 aromatic carbocycles.